The molecular formula is C39H25N. The summed E-state index contributed by atoms with van der Waals surface area (Å²) in [6, 6.07) is 52.5. The van der Waals surface area contributed by atoms with Gasteiger partial charge in [-0.25, -0.2) is 0 Å². The van der Waals surface area contributed by atoms with Gasteiger partial charge in [-0.2, -0.15) is 0 Å². The lowest BCUT2D eigenvalue weighted by molar-refractivity contribution is 1.43. The van der Waals surface area contributed by atoms with Crippen LogP contribution in [0.5, 0.6) is 0 Å². The molecule has 0 saturated carbocycles. The van der Waals surface area contributed by atoms with E-state index in [9.17, 15) is 0 Å². The maximum atomic E-state index is 4.82. The third-order valence-electron chi connectivity index (χ3n) is 8.07. The monoisotopic (exact) mass is 507 g/mol. The van der Waals surface area contributed by atoms with Gasteiger partial charge in [-0.3, -0.25) is 4.98 Å². The number of hydrogen-bond acceptors (Lipinski definition) is 1. The van der Waals surface area contributed by atoms with Gasteiger partial charge < -0.3 is 0 Å². The van der Waals surface area contributed by atoms with Crippen LogP contribution in [0.1, 0.15) is 0 Å². The minimum atomic E-state index is 1.04. The predicted octanol–water partition coefficient (Wildman–Crippen LogP) is 10.7. The van der Waals surface area contributed by atoms with Crippen molar-refractivity contribution < 1.29 is 0 Å². The molecule has 0 amide bonds. The fourth-order valence-corrected chi connectivity index (χ4v) is 6.33. The molecule has 0 fully saturated rings. The van der Waals surface area contributed by atoms with Crippen LogP contribution in [0.15, 0.2) is 152 Å². The van der Waals surface area contributed by atoms with E-state index < -0.39 is 0 Å². The summed E-state index contributed by atoms with van der Waals surface area (Å²) >= 11 is 0. The molecule has 186 valence electrons. The number of nitrogens with zero attached hydrogens (tertiary/aromatic N) is 1. The molecule has 1 heteroatoms. The van der Waals surface area contributed by atoms with Crippen molar-refractivity contribution in [2.24, 2.45) is 0 Å². The van der Waals surface area contributed by atoms with Crippen LogP contribution in [0.2, 0.25) is 0 Å². The summed E-state index contributed by atoms with van der Waals surface area (Å²) in [5, 5.41) is 8.61. The van der Waals surface area contributed by atoms with E-state index in [0.29, 0.717) is 0 Å². The van der Waals surface area contributed by atoms with Crippen LogP contribution < -0.4 is 0 Å². The van der Waals surface area contributed by atoms with Crippen LogP contribution >= 0.6 is 0 Å². The Balaban J connectivity index is 1.53. The van der Waals surface area contributed by atoms with Crippen LogP contribution in [0.25, 0.3) is 76.6 Å². The second-order valence-electron chi connectivity index (χ2n) is 10.3. The van der Waals surface area contributed by atoms with Gasteiger partial charge in [0.2, 0.25) is 0 Å². The Morgan fingerprint density at radius 1 is 0.375 bits per heavy atom. The van der Waals surface area contributed by atoms with Crippen molar-refractivity contribution in [3.63, 3.8) is 0 Å². The van der Waals surface area contributed by atoms with E-state index >= 15 is 0 Å². The molecule has 0 spiro atoms. The number of aromatic nitrogens is 1. The van der Waals surface area contributed by atoms with E-state index in [4.69, 9.17) is 4.98 Å². The van der Waals surface area contributed by atoms with Crippen LogP contribution in [0.3, 0.4) is 0 Å². The molecule has 1 nitrogen and oxygen atoms in total. The van der Waals surface area contributed by atoms with Crippen molar-refractivity contribution in [3.8, 4) is 33.4 Å². The molecule has 8 aromatic rings. The lowest BCUT2D eigenvalue weighted by Crippen LogP contribution is -1.92. The topological polar surface area (TPSA) is 12.9 Å². The molecule has 0 radical (unpaired) electrons. The zero-order chi connectivity index (χ0) is 26.5. The lowest BCUT2D eigenvalue weighted by Gasteiger charge is -2.19. The highest BCUT2D eigenvalue weighted by molar-refractivity contribution is 6.22. The molecule has 0 saturated heterocycles. The van der Waals surface area contributed by atoms with Gasteiger partial charge in [0, 0.05) is 17.0 Å². The van der Waals surface area contributed by atoms with Crippen molar-refractivity contribution in [3.05, 3.63) is 152 Å². The minimum Gasteiger partial charge on any atom is -0.256 e. The van der Waals surface area contributed by atoms with Crippen molar-refractivity contribution >= 4 is 43.2 Å². The van der Waals surface area contributed by atoms with Gasteiger partial charge in [0.15, 0.2) is 0 Å². The van der Waals surface area contributed by atoms with E-state index in [1.807, 2.05) is 12.3 Å². The maximum Gasteiger partial charge on any atom is 0.0786 e. The fraction of sp³-hybridized carbons (Fsp3) is 0. The second kappa shape index (κ2) is 9.18. The summed E-state index contributed by atoms with van der Waals surface area (Å²) in [6.07, 6.45) is 1.89. The normalized spacial score (nSPS) is 11.5. The van der Waals surface area contributed by atoms with Gasteiger partial charge in [0.1, 0.15) is 0 Å². The van der Waals surface area contributed by atoms with E-state index in [0.717, 1.165) is 10.9 Å². The molecule has 0 N–H and O–H groups in total. The molecule has 0 aliphatic rings. The summed E-state index contributed by atoms with van der Waals surface area (Å²) in [6.45, 7) is 0. The summed E-state index contributed by atoms with van der Waals surface area (Å²) in [7, 11) is 0. The Labute approximate surface area is 233 Å². The maximum absolute atomic E-state index is 4.82. The van der Waals surface area contributed by atoms with Crippen LogP contribution in [0, 0.1) is 0 Å². The first-order valence-corrected chi connectivity index (χ1v) is 13.7. The second-order valence-corrected chi connectivity index (χ2v) is 10.3. The summed E-state index contributed by atoms with van der Waals surface area (Å²) < 4.78 is 0. The number of fused-ring (bicyclic) bond motifs is 5. The van der Waals surface area contributed by atoms with Crippen LogP contribution in [-0.2, 0) is 0 Å². The average Bonchev–Trinajstić information content (AvgIpc) is 3.03. The summed E-state index contributed by atoms with van der Waals surface area (Å²) in [4.78, 5) is 4.82. The molecular weight excluding hydrogens is 482 g/mol. The molecule has 1 aromatic heterocycles. The Kier molecular flexibility index (Phi) is 5.21. The Morgan fingerprint density at radius 2 is 0.975 bits per heavy atom. The average molecular weight is 508 g/mol. The standard InChI is InChI=1S/C39H25N/c1-3-11-26(12-4-1)36-32-17-7-8-18-33(32)37(27-13-5-2-6-14-27)35-25-30(22-23-34(35)36)31-19-9-15-28-20-21-29-16-10-24-40-39(29)38(28)31/h1-25H. The Morgan fingerprint density at radius 3 is 1.70 bits per heavy atom. The Bertz CT molecular complexity index is 2200. The van der Waals surface area contributed by atoms with Crippen LogP contribution in [0.4, 0.5) is 0 Å². The largest absolute Gasteiger partial charge is 0.256 e. The molecule has 0 unspecified atom stereocenters. The van der Waals surface area contributed by atoms with Crippen molar-refractivity contribution in [2.45, 2.75) is 0 Å². The number of rotatable bonds is 3. The quantitative estimate of drug-likeness (QED) is 0.171. The molecule has 0 bridgehead atoms. The smallest absolute Gasteiger partial charge is 0.0786 e. The molecule has 8 rings (SSSR count). The van der Waals surface area contributed by atoms with E-state index in [1.54, 1.807) is 0 Å². The number of hydrogen-bond donors (Lipinski definition) is 0. The SMILES string of the molecule is c1ccc(-c2c3ccccc3c(-c3ccccc3)c3cc(-c4cccc5ccc6cccnc6c45)ccc23)cc1. The van der Waals surface area contributed by atoms with Gasteiger partial charge in [0.05, 0.1) is 5.52 Å². The first-order chi connectivity index (χ1) is 19.9. The van der Waals surface area contributed by atoms with Crippen molar-refractivity contribution in [1.29, 1.82) is 0 Å². The van der Waals surface area contributed by atoms with Crippen molar-refractivity contribution in [2.75, 3.05) is 0 Å². The summed E-state index contributed by atoms with van der Waals surface area (Å²) in [5.74, 6) is 0. The van der Waals surface area contributed by atoms with Crippen molar-refractivity contribution in [1.82, 2.24) is 4.98 Å². The fourth-order valence-electron chi connectivity index (χ4n) is 6.33. The molecule has 0 aliphatic heterocycles. The predicted molar refractivity (Wildman–Crippen MR) is 171 cm³/mol. The third kappa shape index (κ3) is 3.52. The lowest BCUT2D eigenvalue weighted by atomic mass is 9.84. The molecule has 0 aliphatic carbocycles. The minimum absolute atomic E-state index is 1.04. The van der Waals surface area contributed by atoms with Gasteiger partial charge in [-0.05, 0) is 72.4 Å². The van der Waals surface area contributed by atoms with Gasteiger partial charge in [0.25, 0.3) is 0 Å². The highest BCUT2D eigenvalue weighted by Gasteiger charge is 2.18. The molecule has 40 heavy (non-hydrogen) atoms. The number of benzene rings is 7. The van der Waals surface area contributed by atoms with Gasteiger partial charge in [-0.15, -0.1) is 0 Å². The van der Waals surface area contributed by atoms with Gasteiger partial charge in [-0.1, -0.05) is 133 Å². The first kappa shape index (κ1) is 22.7. The van der Waals surface area contributed by atoms with E-state index in [1.165, 1.54) is 65.7 Å². The number of pyridine rings is 1. The van der Waals surface area contributed by atoms with Crippen LogP contribution in [-0.4, -0.2) is 4.98 Å². The summed E-state index contributed by atoms with van der Waals surface area (Å²) in [5.41, 5.74) is 8.46. The zero-order valence-electron chi connectivity index (χ0n) is 21.9. The highest BCUT2D eigenvalue weighted by Crippen LogP contribution is 2.45. The molecule has 0 atom stereocenters. The molecule has 1 heterocycles. The van der Waals surface area contributed by atoms with E-state index in [2.05, 4.69) is 140 Å². The van der Waals surface area contributed by atoms with E-state index in [-0.39, 0.29) is 0 Å². The Hall–Kier alpha value is -5.27. The first-order valence-electron chi connectivity index (χ1n) is 13.7. The van der Waals surface area contributed by atoms with Gasteiger partial charge >= 0.3 is 0 Å². The third-order valence-corrected chi connectivity index (χ3v) is 8.07. The highest BCUT2D eigenvalue weighted by atomic mass is 14.6. The molecule has 7 aromatic carbocycles. The zero-order valence-corrected chi connectivity index (χ0v) is 21.9.